The molecular formula is C19H18N2O. The molecule has 1 aromatic heterocycles. The van der Waals surface area contributed by atoms with Crippen molar-refractivity contribution in [2.45, 2.75) is 13.8 Å². The van der Waals surface area contributed by atoms with Crippen LogP contribution in [0, 0.1) is 6.92 Å². The third-order valence-corrected chi connectivity index (χ3v) is 4.04. The van der Waals surface area contributed by atoms with Gasteiger partial charge in [0, 0.05) is 41.0 Å². The Morgan fingerprint density at radius 1 is 1.14 bits per heavy atom. The van der Waals surface area contributed by atoms with Crippen LogP contribution in [0.5, 0.6) is 0 Å². The molecule has 0 aliphatic heterocycles. The van der Waals surface area contributed by atoms with Crippen molar-refractivity contribution in [2.24, 2.45) is 12.0 Å². The zero-order valence-corrected chi connectivity index (χ0v) is 13.0. The number of carbonyl (C=O) groups is 1. The lowest BCUT2D eigenvalue weighted by atomic mass is 10.1. The number of rotatable bonds is 3. The van der Waals surface area contributed by atoms with Gasteiger partial charge in [0.05, 0.1) is 5.69 Å². The summed E-state index contributed by atoms with van der Waals surface area (Å²) < 4.78 is 2.17. The van der Waals surface area contributed by atoms with E-state index >= 15 is 0 Å². The Labute approximate surface area is 129 Å². The van der Waals surface area contributed by atoms with E-state index in [1.807, 2.05) is 42.6 Å². The topological polar surface area (TPSA) is 34.4 Å². The Morgan fingerprint density at radius 2 is 1.91 bits per heavy atom. The van der Waals surface area contributed by atoms with E-state index in [2.05, 4.69) is 35.7 Å². The molecule has 0 amide bonds. The van der Waals surface area contributed by atoms with Gasteiger partial charge >= 0.3 is 0 Å². The molecule has 22 heavy (non-hydrogen) atoms. The predicted octanol–water partition coefficient (Wildman–Crippen LogP) is 4.44. The molecule has 3 aromatic rings. The second kappa shape index (κ2) is 5.60. The quantitative estimate of drug-likeness (QED) is 0.518. The second-order valence-electron chi connectivity index (χ2n) is 5.44. The van der Waals surface area contributed by atoms with Crippen LogP contribution >= 0.6 is 0 Å². The lowest BCUT2D eigenvalue weighted by Crippen LogP contribution is -1.92. The molecule has 0 aliphatic rings. The van der Waals surface area contributed by atoms with Crippen LogP contribution in [0.2, 0.25) is 0 Å². The number of aliphatic imine (C=N–C) groups is 1. The summed E-state index contributed by atoms with van der Waals surface area (Å²) in [4.78, 5) is 16.0. The zero-order chi connectivity index (χ0) is 15.7. The van der Waals surface area contributed by atoms with Crippen molar-refractivity contribution >= 4 is 28.6 Å². The minimum absolute atomic E-state index is 0.0541. The molecule has 110 valence electrons. The van der Waals surface area contributed by atoms with Gasteiger partial charge < -0.3 is 4.57 Å². The molecule has 0 unspecified atom stereocenters. The number of ketones is 1. The zero-order valence-electron chi connectivity index (χ0n) is 13.0. The highest BCUT2D eigenvalue weighted by Crippen LogP contribution is 2.24. The summed E-state index contributed by atoms with van der Waals surface area (Å²) in [5.74, 6) is 0.0541. The molecule has 0 radical (unpaired) electrons. The SMILES string of the molecule is CC(=O)c1cccc(N=Cc2c(C)n(C)c3ccccc23)c1. The van der Waals surface area contributed by atoms with Gasteiger partial charge in [0.2, 0.25) is 0 Å². The fraction of sp³-hybridized carbons (Fsp3) is 0.158. The van der Waals surface area contributed by atoms with Crippen molar-refractivity contribution in [1.29, 1.82) is 0 Å². The van der Waals surface area contributed by atoms with E-state index in [1.54, 1.807) is 6.92 Å². The number of hydrogen-bond donors (Lipinski definition) is 0. The first-order chi connectivity index (χ1) is 10.6. The Balaban J connectivity index is 2.05. The number of fused-ring (bicyclic) bond motifs is 1. The van der Waals surface area contributed by atoms with Crippen molar-refractivity contribution < 1.29 is 4.79 Å². The smallest absolute Gasteiger partial charge is 0.159 e. The molecule has 0 saturated heterocycles. The Hall–Kier alpha value is -2.68. The molecule has 3 rings (SSSR count). The summed E-state index contributed by atoms with van der Waals surface area (Å²) in [5, 5.41) is 1.19. The van der Waals surface area contributed by atoms with Crippen LogP contribution in [0.25, 0.3) is 10.9 Å². The van der Waals surface area contributed by atoms with Crippen LogP contribution in [0.3, 0.4) is 0 Å². The van der Waals surface area contributed by atoms with E-state index in [0.717, 1.165) is 11.3 Å². The molecule has 1 heterocycles. The maximum absolute atomic E-state index is 11.4. The third kappa shape index (κ3) is 2.46. The predicted molar refractivity (Wildman–Crippen MR) is 91.4 cm³/mol. The normalized spacial score (nSPS) is 11.4. The molecule has 0 bridgehead atoms. The van der Waals surface area contributed by atoms with Crippen LogP contribution in [0.15, 0.2) is 53.5 Å². The number of benzene rings is 2. The molecule has 3 nitrogen and oxygen atoms in total. The van der Waals surface area contributed by atoms with E-state index in [0.29, 0.717) is 5.56 Å². The van der Waals surface area contributed by atoms with Gasteiger partial charge in [0.15, 0.2) is 5.78 Å². The van der Waals surface area contributed by atoms with Gasteiger partial charge in [-0.05, 0) is 32.0 Å². The summed E-state index contributed by atoms with van der Waals surface area (Å²) in [7, 11) is 2.06. The fourth-order valence-corrected chi connectivity index (χ4v) is 2.66. The van der Waals surface area contributed by atoms with Crippen LogP contribution in [0.4, 0.5) is 5.69 Å². The van der Waals surface area contributed by atoms with E-state index in [1.165, 1.54) is 16.6 Å². The largest absolute Gasteiger partial charge is 0.347 e. The molecule has 0 N–H and O–H groups in total. The molecule has 2 aromatic carbocycles. The lowest BCUT2D eigenvalue weighted by molar-refractivity contribution is 0.101. The lowest BCUT2D eigenvalue weighted by Gasteiger charge is -1.99. The van der Waals surface area contributed by atoms with Gasteiger partial charge in [-0.15, -0.1) is 0 Å². The minimum atomic E-state index is 0.0541. The second-order valence-corrected chi connectivity index (χ2v) is 5.44. The monoisotopic (exact) mass is 290 g/mol. The first-order valence-corrected chi connectivity index (χ1v) is 7.27. The van der Waals surface area contributed by atoms with Crippen LogP contribution in [-0.4, -0.2) is 16.6 Å². The van der Waals surface area contributed by atoms with Gasteiger partial charge in [-0.2, -0.15) is 0 Å². The van der Waals surface area contributed by atoms with Gasteiger partial charge in [-0.1, -0.05) is 30.3 Å². The molecule has 0 spiro atoms. The van der Waals surface area contributed by atoms with Crippen molar-refractivity contribution in [2.75, 3.05) is 0 Å². The number of Topliss-reactive ketones (excluding diaryl/α,β-unsaturated/α-hetero) is 1. The van der Waals surface area contributed by atoms with E-state index in [-0.39, 0.29) is 5.78 Å². The molecular weight excluding hydrogens is 272 g/mol. The van der Waals surface area contributed by atoms with Crippen LogP contribution in [0.1, 0.15) is 28.5 Å². The first-order valence-electron chi connectivity index (χ1n) is 7.27. The average Bonchev–Trinajstić information content (AvgIpc) is 2.78. The molecule has 0 aliphatic carbocycles. The van der Waals surface area contributed by atoms with Crippen LogP contribution < -0.4 is 0 Å². The Kier molecular flexibility index (Phi) is 3.63. The molecule has 0 atom stereocenters. The van der Waals surface area contributed by atoms with Gasteiger partial charge in [-0.25, -0.2) is 0 Å². The number of aryl methyl sites for hydroxylation is 1. The molecule has 0 fully saturated rings. The minimum Gasteiger partial charge on any atom is -0.347 e. The highest BCUT2D eigenvalue weighted by atomic mass is 16.1. The summed E-state index contributed by atoms with van der Waals surface area (Å²) in [6.07, 6.45) is 1.89. The average molecular weight is 290 g/mol. The number of hydrogen-bond acceptors (Lipinski definition) is 2. The summed E-state index contributed by atoms with van der Waals surface area (Å²) in [6, 6.07) is 15.7. The highest BCUT2D eigenvalue weighted by molar-refractivity contribution is 6.02. The fourth-order valence-electron chi connectivity index (χ4n) is 2.66. The van der Waals surface area contributed by atoms with Crippen molar-refractivity contribution in [3.05, 3.63) is 65.4 Å². The number of aromatic nitrogens is 1. The van der Waals surface area contributed by atoms with Crippen molar-refractivity contribution in [3.8, 4) is 0 Å². The maximum atomic E-state index is 11.4. The van der Waals surface area contributed by atoms with Crippen molar-refractivity contribution in [3.63, 3.8) is 0 Å². The van der Waals surface area contributed by atoms with E-state index in [9.17, 15) is 4.79 Å². The number of para-hydroxylation sites is 1. The Morgan fingerprint density at radius 3 is 2.68 bits per heavy atom. The molecule has 3 heteroatoms. The van der Waals surface area contributed by atoms with Crippen LogP contribution in [-0.2, 0) is 7.05 Å². The van der Waals surface area contributed by atoms with E-state index in [4.69, 9.17) is 0 Å². The summed E-state index contributed by atoms with van der Waals surface area (Å²) >= 11 is 0. The Bertz CT molecular complexity index is 888. The van der Waals surface area contributed by atoms with Gasteiger partial charge in [-0.3, -0.25) is 9.79 Å². The molecule has 0 saturated carbocycles. The van der Waals surface area contributed by atoms with Gasteiger partial charge in [0.25, 0.3) is 0 Å². The summed E-state index contributed by atoms with van der Waals surface area (Å²) in [5.41, 5.74) is 4.96. The maximum Gasteiger partial charge on any atom is 0.159 e. The number of nitrogens with zero attached hydrogens (tertiary/aromatic N) is 2. The third-order valence-electron chi connectivity index (χ3n) is 4.04. The number of carbonyl (C=O) groups excluding carboxylic acids is 1. The highest BCUT2D eigenvalue weighted by Gasteiger charge is 2.09. The summed E-state index contributed by atoms with van der Waals surface area (Å²) in [6.45, 7) is 3.66. The standard InChI is InChI=1S/C19H18N2O/c1-13-18(17-9-4-5-10-19(17)21(13)3)12-20-16-8-6-7-15(11-16)14(2)22/h4-12H,1-3H3. The van der Waals surface area contributed by atoms with E-state index < -0.39 is 0 Å². The van der Waals surface area contributed by atoms with Crippen molar-refractivity contribution in [1.82, 2.24) is 4.57 Å². The first kappa shape index (κ1) is 14.3. The van der Waals surface area contributed by atoms with Gasteiger partial charge in [0.1, 0.15) is 0 Å².